The minimum atomic E-state index is 0.0535. The summed E-state index contributed by atoms with van der Waals surface area (Å²) in [6.45, 7) is 4.28. The fraction of sp³-hybridized carbons (Fsp3) is 0.667. The van der Waals surface area contributed by atoms with Crippen LogP contribution in [-0.4, -0.2) is 29.8 Å². The Bertz CT molecular complexity index is 410. The summed E-state index contributed by atoms with van der Waals surface area (Å²) in [4.78, 5) is 15.9. The van der Waals surface area contributed by atoms with Crippen LogP contribution in [0.15, 0.2) is 12.1 Å². The maximum absolute atomic E-state index is 12.7. The van der Waals surface area contributed by atoms with E-state index in [1.54, 1.807) is 0 Å². The number of thiophene rings is 1. The van der Waals surface area contributed by atoms with E-state index in [4.69, 9.17) is 11.6 Å². The number of nitrogens with zero attached hydrogens (tertiary/aromatic N) is 1. The molecular weight excluding hydrogens is 278 g/mol. The molecular formula is C15H22ClNOS. The summed E-state index contributed by atoms with van der Waals surface area (Å²) in [5, 5.41) is 0. The zero-order valence-corrected chi connectivity index (χ0v) is 13.1. The lowest BCUT2D eigenvalue weighted by atomic mass is 10.0. The van der Waals surface area contributed by atoms with Crippen molar-refractivity contribution in [1.29, 1.82) is 0 Å². The predicted molar refractivity (Wildman–Crippen MR) is 82.4 cm³/mol. The molecule has 1 aliphatic heterocycles. The largest absolute Gasteiger partial charge is 0.293 e. The standard InChI is InChI=1S/C15H22ClNOS/c1-2-7-12(17-10-5-3-4-6-11-17)15(18)13-8-9-14(16)19-13/h8-9,12H,2-7,10-11H2,1H3. The van der Waals surface area contributed by atoms with Crippen molar-refractivity contribution in [3.05, 3.63) is 21.3 Å². The van der Waals surface area contributed by atoms with Crippen LogP contribution in [0.25, 0.3) is 0 Å². The number of ketones is 1. The predicted octanol–water partition coefficient (Wildman–Crippen LogP) is 4.63. The highest BCUT2D eigenvalue weighted by atomic mass is 35.5. The van der Waals surface area contributed by atoms with Gasteiger partial charge in [0.15, 0.2) is 5.78 Å². The third-order valence-electron chi connectivity index (χ3n) is 3.76. The Labute approximate surface area is 124 Å². The van der Waals surface area contributed by atoms with Crippen LogP contribution in [0.1, 0.15) is 55.1 Å². The Balaban J connectivity index is 2.11. The molecule has 0 N–H and O–H groups in total. The van der Waals surface area contributed by atoms with E-state index in [0.29, 0.717) is 4.34 Å². The first-order valence-electron chi connectivity index (χ1n) is 7.26. The highest BCUT2D eigenvalue weighted by Crippen LogP contribution is 2.26. The van der Waals surface area contributed by atoms with Crippen molar-refractivity contribution in [2.24, 2.45) is 0 Å². The molecule has 0 spiro atoms. The van der Waals surface area contributed by atoms with Gasteiger partial charge >= 0.3 is 0 Å². The molecule has 1 fully saturated rings. The van der Waals surface area contributed by atoms with E-state index in [0.717, 1.165) is 30.8 Å². The summed E-state index contributed by atoms with van der Waals surface area (Å²) in [7, 11) is 0. The van der Waals surface area contributed by atoms with Crippen molar-refractivity contribution in [2.75, 3.05) is 13.1 Å². The van der Waals surface area contributed by atoms with Gasteiger partial charge in [-0.3, -0.25) is 9.69 Å². The molecule has 4 heteroatoms. The average Bonchev–Trinajstić information content (AvgIpc) is 2.67. The van der Waals surface area contributed by atoms with Crippen LogP contribution in [0.5, 0.6) is 0 Å². The van der Waals surface area contributed by atoms with Crippen molar-refractivity contribution in [2.45, 2.75) is 51.5 Å². The number of likely N-dealkylation sites (tertiary alicyclic amines) is 1. The van der Waals surface area contributed by atoms with E-state index < -0.39 is 0 Å². The Hall–Kier alpha value is -0.380. The second-order valence-corrected chi connectivity index (χ2v) is 6.94. The molecule has 0 radical (unpaired) electrons. The van der Waals surface area contributed by atoms with Crippen molar-refractivity contribution in [1.82, 2.24) is 4.90 Å². The van der Waals surface area contributed by atoms with Gasteiger partial charge in [-0.1, -0.05) is 37.8 Å². The summed E-state index contributed by atoms with van der Waals surface area (Å²) in [6.07, 6.45) is 7.04. The van der Waals surface area contributed by atoms with Crippen molar-refractivity contribution in [3.63, 3.8) is 0 Å². The monoisotopic (exact) mass is 299 g/mol. The molecule has 2 rings (SSSR count). The SMILES string of the molecule is CCCC(C(=O)c1ccc(Cl)s1)N1CCCCCC1. The Morgan fingerprint density at radius 1 is 1.32 bits per heavy atom. The van der Waals surface area contributed by atoms with Crippen molar-refractivity contribution >= 4 is 28.7 Å². The molecule has 0 aromatic carbocycles. The second kappa shape index (κ2) is 7.41. The van der Waals surface area contributed by atoms with E-state index >= 15 is 0 Å². The highest BCUT2D eigenvalue weighted by molar-refractivity contribution is 7.18. The molecule has 0 amide bonds. The molecule has 1 aromatic rings. The van der Waals surface area contributed by atoms with Gasteiger partial charge in [-0.2, -0.15) is 0 Å². The maximum Gasteiger partial charge on any atom is 0.189 e. The number of halogens is 1. The van der Waals surface area contributed by atoms with Gasteiger partial charge in [0.2, 0.25) is 0 Å². The van der Waals surface area contributed by atoms with E-state index in [1.807, 2.05) is 12.1 Å². The number of Topliss-reactive ketones (excluding diaryl/α,β-unsaturated/α-hetero) is 1. The smallest absolute Gasteiger partial charge is 0.189 e. The number of rotatable bonds is 5. The van der Waals surface area contributed by atoms with Crippen LogP contribution >= 0.6 is 22.9 Å². The molecule has 2 nitrogen and oxygen atoms in total. The van der Waals surface area contributed by atoms with Crippen LogP contribution < -0.4 is 0 Å². The van der Waals surface area contributed by atoms with Crippen LogP contribution in [0.4, 0.5) is 0 Å². The van der Waals surface area contributed by atoms with E-state index in [-0.39, 0.29) is 11.8 Å². The molecule has 2 heterocycles. The first kappa shape index (κ1) is 15.0. The van der Waals surface area contributed by atoms with Crippen LogP contribution in [-0.2, 0) is 0 Å². The van der Waals surface area contributed by atoms with Gasteiger partial charge in [0.05, 0.1) is 15.3 Å². The molecule has 19 heavy (non-hydrogen) atoms. The van der Waals surface area contributed by atoms with Gasteiger partial charge in [-0.15, -0.1) is 11.3 Å². The first-order chi connectivity index (χ1) is 9.22. The number of hydrogen-bond acceptors (Lipinski definition) is 3. The van der Waals surface area contributed by atoms with Gasteiger partial charge in [0.25, 0.3) is 0 Å². The van der Waals surface area contributed by atoms with E-state index in [2.05, 4.69) is 11.8 Å². The summed E-state index contributed by atoms with van der Waals surface area (Å²) < 4.78 is 0.703. The summed E-state index contributed by atoms with van der Waals surface area (Å²) in [5.74, 6) is 0.264. The quantitative estimate of drug-likeness (QED) is 0.739. The third-order valence-corrected chi connectivity index (χ3v) is 5.01. The lowest BCUT2D eigenvalue weighted by Gasteiger charge is -2.29. The van der Waals surface area contributed by atoms with E-state index in [1.165, 1.54) is 37.0 Å². The lowest BCUT2D eigenvalue weighted by Crippen LogP contribution is -2.41. The van der Waals surface area contributed by atoms with Crippen LogP contribution in [0.2, 0.25) is 4.34 Å². The third kappa shape index (κ3) is 4.04. The molecule has 1 aliphatic rings. The number of carbonyl (C=O) groups is 1. The molecule has 0 aliphatic carbocycles. The zero-order valence-electron chi connectivity index (χ0n) is 11.5. The van der Waals surface area contributed by atoms with Gasteiger partial charge < -0.3 is 0 Å². The number of hydrogen-bond donors (Lipinski definition) is 0. The van der Waals surface area contributed by atoms with E-state index in [9.17, 15) is 4.79 Å². The molecule has 106 valence electrons. The fourth-order valence-corrected chi connectivity index (χ4v) is 3.80. The van der Waals surface area contributed by atoms with Crippen molar-refractivity contribution in [3.8, 4) is 0 Å². The maximum atomic E-state index is 12.7. The summed E-state index contributed by atoms with van der Waals surface area (Å²) >= 11 is 7.36. The first-order valence-corrected chi connectivity index (χ1v) is 8.45. The topological polar surface area (TPSA) is 20.3 Å². The fourth-order valence-electron chi connectivity index (χ4n) is 2.77. The van der Waals surface area contributed by atoms with Crippen molar-refractivity contribution < 1.29 is 4.79 Å². The Morgan fingerprint density at radius 2 is 2.00 bits per heavy atom. The molecule has 1 saturated heterocycles. The molecule has 1 aromatic heterocycles. The van der Waals surface area contributed by atoms with Gasteiger partial charge in [-0.25, -0.2) is 0 Å². The average molecular weight is 300 g/mol. The minimum absolute atomic E-state index is 0.0535. The molecule has 1 unspecified atom stereocenters. The molecule has 0 saturated carbocycles. The van der Waals surface area contributed by atoms with Crippen LogP contribution in [0.3, 0.4) is 0 Å². The summed E-state index contributed by atoms with van der Waals surface area (Å²) in [5.41, 5.74) is 0. The second-order valence-electron chi connectivity index (χ2n) is 5.22. The number of carbonyl (C=O) groups excluding carboxylic acids is 1. The van der Waals surface area contributed by atoms with Gasteiger partial charge in [0, 0.05) is 0 Å². The Morgan fingerprint density at radius 3 is 2.53 bits per heavy atom. The molecule has 1 atom stereocenters. The van der Waals surface area contributed by atoms with Crippen LogP contribution in [0, 0.1) is 0 Å². The van der Waals surface area contributed by atoms with Gasteiger partial charge in [-0.05, 0) is 44.5 Å². The normalized spacial score (nSPS) is 19.1. The highest BCUT2D eigenvalue weighted by Gasteiger charge is 2.27. The minimum Gasteiger partial charge on any atom is -0.293 e. The van der Waals surface area contributed by atoms with Gasteiger partial charge in [0.1, 0.15) is 0 Å². The zero-order chi connectivity index (χ0) is 13.7. The summed E-state index contributed by atoms with van der Waals surface area (Å²) in [6, 6.07) is 3.75. The lowest BCUT2D eigenvalue weighted by molar-refractivity contribution is 0.0812. The Kier molecular flexibility index (Phi) is 5.86. The molecule has 0 bridgehead atoms.